The summed E-state index contributed by atoms with van der Waals surface area (Å²) in [5, 5.41) is 12.1. The standard InChI is InChI=1S/C15H21NO3/c1-15(7-2-8-19-15)11-16-10-13-5-3-12(4-6-13)9-14(17)18/h3-6,16H,2,7-11H2,1H3,(H,17,18). The first-order chi connectivity index (χ1) is 9.07. The lowest BCUT2D eigenvalue weighted by atomic mass is 10.0. The molecule has 1 aromatic carbocycles. The molecule has 0 amide bonds. The van der Waals surface area contributed by atoms with Gasteiger partial charge in [-0.05, 0) is 30.9 Å². The summed E-state index contributed by atoms with van der Waals surface area (Å²) in [6, 6.07) is 7.70. The quantitative estimate of drug-likeness (QED) is 0.824. The highest BCUT2D eigenvalue weighted by Gasteiger charge is 2.28. The zero-order valence-electron chi connectivity index (χ0n) is 11.3. The normalized spacial score (nSPS) is 22.6. The van der Waals surface area contributed by atoms with Crippen molar-refractivity contribution >= 4 is 5.97 Å². The molecule has 1 atom stereocenters. The maximum atomic E-state index is 10.6. The molecule has 2 N–H and O–H groups in total. The zero-order chi connectivity index (χ0) is 13.7. The summed E-state index contributed by atoms with van der Waals surface area (Å²) < 4.78 is 5.71. The van der Waals surface area contributed by atoms with Gasteiger partial charge in [-0.2, -0.15) is 0 Å². The smallest absolute Gasteiger partial charge is 0.307 e. The fraction of sp³-hybridized carbons (Fsp3) is 0.533. The highest BCUT2D eigenvalue weighted by Crippen LogP contribution is 2.23. The Bertz CT molecular complexity index is 422. The number of benzene rings is 1. The largest absolute Gasteiger partial charge is 0.481 e. The van der Waals surface area contributed by atoms with Gasteiger partial charge in [0.25, 0.3) is 0 Å². The van der Waals surface area contributed by atoms with E-state index < -0.39 is 5.97 Å². The van der Waals surface area contributed by atoms with E-state index in [0.29, 0.717) is 0 Å². The minimum absolute atomic E-state index is 0.0246. The van der Waals surface area contributed by atoms with Crippen LogP contribution in [-0.4, -0.2) is 29.8 Å². The molecule has 1 saturated heterocycles. The molecule has 19 heavy (non-hydrogen) atoms. The lowest BCUT2D eigenvalue weighted by molar-refractivity contribution is -0.136. The summed E-state index contributed by atoms with van der Waals surface area (Å²) in [5.74, 6) is -0.794. The van der Waals surface area contributed by atoms with Gasteiger partial charge in [0, 0.05) is 19.7 Å². The van der Waals surface area contributed by atoms with E-state index in [9.17, 15) is 4.79 Å². The molecular formula is C15H21NO3. The lowest BCUT2D eigenvalue weighted by Gasteiger charge is -2.23. The predicted molar refractivity (Wildman–Crippen MR) is 73.1 cm³/mol. The van der Waals surface area contributed by atoms with Crippen molar-refractivity contribution in [3.05, 3.63) is 35.4 Å². The second kappa shape index (κ2) is 6.17. The molecule has 1 aliphatic rings. The van der Waals surface area contributed by atoms with Crippen LogP contribution < -0.4 is 5.32 Å². The van der Waals surface area contributed by atoms with Gasteiger partial charge in [-0.15, -0.1) is 0 Å². The van der Waals surface area contributed by atoms with Crippen LogP contribution in [0.25, 0.3) is 0 Å². The number of hydrogen-bond acceptors (Lipinski definition) is 3. The summed E-state index contributed by atoms with van der Waals surface area (Å²) >= 11 is 0. The number of carboxylic acids is 1. The van der Waals surface area contributed by atoms with Crippen molar-refractivity contribution in [2.24, 2.45) is 0 Å². The van der Waals surface area contributed by atoms with E-state index in [4.69, 9.17) is 9.84 Å². The van der Waals surface area contributed by atoms with Gasteiger partial charge in [-0.1, -0.05) is 24.3 Å². The van der Waals surface area contributed by atoms with Crippen LogP contribution in [0.5, 0.6) is 0 Å². The number of nitrogens with one attached hydrogen (secondary N) is 1. The fourth-order valence-corrected chi connectivity index (χ4v) is 2.40. The Morgan fingerprint density at radius 3 is 2.63 bits per heavy atom. The fourth-order valence-electron chi connectivity index (χ4n) is 2.40. The third-order valence-corrected chi connectivity index (χ3v) is 3.51. The highest BCUT2D eigenvalue weighted by molar-refractivity contribution is 5.70. The van der Waals surface area contributed by atoms with E-state index in [1.165, 1.54) is 0 Å². The van der Waals surface area contributed by atoms with Crippen molar-refractivity contribution in [3.8, 4) is 0 Å². The van der Waals surface area contributed by atoms with Crippen molar-refractivity contribution in [1.29, 1.82) is 0 Å². The van der Waals surface area contributed by atoms with E-state index in [1.807, 2.05) is 24.3 Å². The van der Waals surface area contributed by atoms with Crippen LogP contribution in [0.3, 0.4) is 0 Å². The first-order valence-electron chi connectivity index (χ1n) is 6.72. The molecule has 0 saturated carbocycles. The van der Waals surface area contributed by atoms with E-state index in [2.05, 4.69) is 12.2 Å². The topological polar surface area (TPSA) is 58.6 Å². The van der Waals surface area contributed by atoms with Gasteiger partial charge >= 0.3 is 5.97 Å². The Morgan fingerprint density at radius 1 is 1.37 bits per heavy atom. The van der Waals surface area contributed by atoms with Gasteiger partial charge in [0.15, 0.2) is 0 Å². The third kappa shape index (κ3) is 4.33. The number of rotatable bonds is 6. The van der Waals surface area contributed by atoms with E-state index in [-0.39, 0.29) is 12.0 Å². The Hall–Kier alpha value is -1.39. The average Bonchev–Trinajstić information content (AvgIpc) is 2.78. The van der Waals surface area contributed by atoms with Crippen LogP contribution in [0.15, 0.2) is 24.3 Å². The molecule has 104 valence electrons. The summed E-state index contributed by atoms with van der Waals surface area (Å²) in [6.45, 7) is 4.64. The first-order valence-corrected chi connectivity index (χ1v) is 6.72. The molecule has 0 bridgehead atoms. The van der Waals surface area contributed by atoms with Crippen molar-refractivity contribution in [3.63, 3.8) is 0 Å². The van der Waals surface area contributed by atoms with E-state index >= 15 is 0 Å². The predicted octanol–water partition coefficient (Wildman–Crippen LogP) is 1.97. The van der Waals surface area contributed by atoms with Gasteiger partial charge in [0.05, 0.1) is 12.0 Å². The van der Waals surface area contributed by atoms with Gasteiger partial charge in [-0.25, -0.2) is 0 Å². The van der Waals surface area contributed by atoms with Crippen molar-refractivity contribution < 1.29 is 14.6 Å². The number of carboxylic acid groups (broad SMARTS) is 1. The Kier molecular flexibility index (Phi) is 4.56. The maximum absolute atomic E-state index is 10.6. The zero-order valence-corrected chi connectivity index (χ0v) is 11.3. The SMILES string of the molecule is CC1(CNCc2ccc(CC(=O)O)cc2)CCCO1. The summed E-state index contributed by atoms with van der Waals surface area (Å²) in [4.78, 5) is 10.6. The third-order valence-electron chi connectivity index (χ3n) is 3.51. The summed E-state index contributed by atoms with van der Waals surface area (Å²) in [5.41, 5.74) is 1.97. The van der Waals surface area contributed by atoms with Crippen LogP contribution in [0.1, 0.15) is 30.9 Å². The second-order valence-corrected chi connectivity index (χ2v) is 5.39. The summed E-state index contributed by atoms with van der Waals surface area (Å²) in [6.07, 6.45) is 2.33. The average molecular weight is 263 g/mol. The van der Waals surface area contributed by atoms with Crippen LogP contribution in [-0.2, 0) is 22.5 Å². The van der Waals surface area contributed by atoms with Gasteiger partial charge in [-0.3, -0.25) is 4.79 Å². The molecule has 1 aliphatic heterocycles. The minimum Gasteiger partial charge on any atom is -0.481 e. The number of carbonyl (C=O) groups is 1. The van der Waals surface area contributed by atoms with Crippen molar-refractivity contribution in [1.82, 2.24) is 5.32 Å². The number of ether oxygens (including phenoxy) is 1. The summed E-state index contributed by atoms with van der Waals surface area (Å²) in [7, 11) is 0. The lowest BCUT2D eigenvalue weighted by Crippen LogP contribution is -2.36. The van der Waals surface area contributed by atoms with Gasteiger partial charge in [0.1, 0.15) is 0 Å². The van der Waals surface area contributed by atoms with Crippen LogP contribution in [0.2, 0.25) is 0 Å². The van der Waals surface area contributed by atoms with Gasteiger partial charge < -0.3 is 15.2 Å². The highest BCUT2D eigenvalue weighted by atomic mass is 16.5. The molecule has 2 rings (SSSR count). The molecule has 4 heteroatoms. The molecule has 1 fully saturated rings. The van der Waals surface area contributed by atoms with E-state index in [1.54, 1.807) is 0 Å². The van der Waals surface area contributed by atoms with Crippen LogP contribution in [0.4, 0.5) is 0 Å². The number of aliphatic carboxylic acids is 1. The number of hydrogen-bond donors (Lipinski definition) is 2. The Balaban J connectivity index is 1.78. The molecular weight excluding hydrogens is 242 g/mol. The van der Waals surface area contributed by atoms with Crippen LogP contribution >= 0.6 is 0 Å². The molecule has 1 aromatic rings. The second-order valence-electron chi connectivity index (χ2n) is 5.39. The molecule has 4 nitrogen and oxygen atoms in total. The molecule has 0 aliphatic carbocycles. The molecule has 1 heterocycles. The molecule has 0 aromatic heterocycles. The van der Waals surface area contributed by atoms with Crippen molar-refractivity contribution in [2.75, 3.05) is 13.2 Å². The maximum Gasteiger partial charge on any atom is 0.307 e. The molecule has 0 spiro atoms. The minimum atomic E-state index is -0.794. The Labute approximate surface area is 113 Å². The monoisotopic (exact) mass is 263 g/mol. The van der Waals surface area contributed by atoms with E-state index in [0.717, 1.165) is 43.7 Å². The molecule has 1 unspecified atom stereocenters. The first kappa shape index (κ1) is 14.0. The van der Waals surface area contributed by atoms with Crippen molar-refractivity contribution in [2.45, 2.75) is 38.3 Å². The van der Waals surface area contributed by atoms with Crippen LogP contribution in [0, 0.1) is 0 Å². The Morgan fingerprint density at radius 2 is 2.05 bits per heavy atom. The molecule has 0 radical (unpaired) electrons. The van der Waals surface area contributed by atoms with Gasteiger partial charge in [0.2, 0.25) is 0 Å².